The summed E-state index contributed by atoms with van der Waals surface area (Å²) < 4.78 is 29.4. The molecule has 0 saturated heterocycles. The molecule has 8 heteroatoms. The van der Waals surface area contributed by atoms with Crippen molar-refractivity contribution in [1.29, 1.82) is 5.41 Å². The van der Waals surface area contributed by atoms with Crippen LogP contribution in [0.2, 0.25) is 0 Å². The summed E-state index contributed by atoms with van der Waals surface area (Å²) in [4.78, 5) is 15.3. The standard InChI is InChI=1S/C28H32N4O3S/c1-32(24-9-5-6-10-24)28(33)26(19-20-11-13-23(14-12-20)27(29)30)31-36(34,35)25-17-15-22(16-18-25)21-7-3-2-4-8-21/h2-4,7-8,11-18,24,26,31H,5-6,9-10,19H2,1H3,(H3,29,30)/t26-/m0/s1. The van der Waals surface area contributed by atoms with E-state index in [2.05, 4.69) is 4.72 Å². The number of benzene rings is 3. The minimum absolute atomic E-state index is 0.0465. The van der Waals surface area contributed by atoms with Gasteiger partial charge in [0.2, 0.25) is 15.9 Å². The molecule has 0 aliphatic heterocycles. The quantitative estimate of drug-likeness (QED) is 0.302. The van der Waals surface area contributed by atoms with E-state index in [4.69, 9.17) is 11.1 Å². The lowest BCUT2D eigenvalue weighted by Gasteiger charge is -2.29. The number of sulfonamides is 1. The molecule has 1 aliphatic carbocycles. The number of carbonyl (C=O) groups excluding carboxylic acids is 1. The van der Waals surface area contributed by atoms with Crippen molar-refractivity contribution < 1.29 is 13.2 Å². The lowest BCUT2D eigenvalue weighted by atomic mass is 10.0. The van der Waals surface area contributed by atoms with Crippen molar-refractivity contribution in [2.45, 2.75) is 49.1 Å². The lowest BCUT2D eigenvalue weighted by molar-refractivity contribution is -0.133. The Morgan fingerprint density at radius 1 is 0.972 bits per heavy atom. The highest BCUT2D eigenvalue weighted by molar-refractivity contribution is 7.89. The van der Waals surface area contributed by atoms with Crippen molar-refractivity contribution in [1.82, 2.24) is 9.62 Å². The summed E-state index contributed by atoms with van der Waals surface area (Å²) in [6.45, 7) is 0. The second-order valence-corrected chi connectivity index (χ2v) is 11.0. The number of rotatable bonds is 9. The number of nitrogens with two attached hydrogens (primary N) is 1. The average molecular weight is 505 g/mol. The fourth-order valence-electron chi connectivity index (χ4n) is 4.67. The van der Waals surface area contributed by atoms with Gasteiger partial charge in [-0.05, 0) is 48.1 Å². The molecule has 3 aromatic rings. The van der Waals surface area contributed by atoms with E-state index in [1.807, 2.05) is 30.3 Å². The van der Waals surface area contributed by atoms with Gasteiger partial charge in [0.25, 0.3) is 0 Å². The van der Waals surface area contributed by atoms with Gasteiger partial charge in [-0.15, -0.1) is 0 Å². The van der Waals surface area contributed by atoms with Crippen LogP contribution in [0.25, 0.3) is 11.1 Å². The zero-order chi connectivity index (χ0) is 25.7. The van der Waals surface area contributed by atoms with Crippen LogP contribution in [0.1, 0.15) is 36.8 Å². The topological polar surface area (TPSA) is 116 Å². The number of nitrogens with zero attached hydrogens (tertiary/aromatic N) is 1. The molecule has 0 bridgehead atoms. The number of nitrogens with one attached hydrogen (secondary N) is 2. The van der Waals surface area contributed by atoms with E-state index in [0.29, 0.717) is 5.56 Å². The maximum Gasteiger partial charge on any atom is 0.241 e. The maximum absolute atomic E-state index is 13.5. The summed E-state index contributed by atoms with van der Waals surface area (Å²) in [5.41, 5.74) is 8.81. The Labute approximate surface area is 212 Å². The Balaban J connectivity index is 1.58. The van der Waals surface area contributed by atoms with Gasteiger partial charge in [0.1, 0.15) is 11.9 Å². The minimum atomic E-state index is -3.95. The fourth-order valence-corrected chi connectivity index (χ4v) is 5.85. The van der Waals surface area contributed by atoms with Gasteiger partial charge in [0.05, 0.1) is 4.90 Å². The first-order valence-corrected chi connectivity index (χ1v) is 13.6. The van der Waals surface area contributed by atoms with Crippen molar-refractivity contribution in [2.24, 2.45) is 5.73 Å². The normalized spacial score (nSPS) is 14.9. The number of amides is 1. The number of carbonyl (C=O) groups is 1. The van der Waals surface area contributed by atoms with E-state index < -0.39 is 16.1 Å². The molecule has 188 valence electrons. The van der Waals surface area contributed by atoms with Gasteiger partial charge >= 0.3 is 0 Å². The van der Waals surface area contributed by atoms with Gasteiger partial charge < -0.3 is 10.6 Å². The third-order valence-corrected chi connectivity index (χ3v) is 8.28. The van der Waals surface area contributed by atoms with Gasteiger partial charge in [-0.3, -0.25) is 10.2 Å². The third kappa shape index (κ3) is 6.01. The van der Waals surface area contributed by atoms with Crippen molar-refractivity contribution in [2.75, 3.05) is 7.05 Å². The monoisotopic (exact) mass is 504 g/mol. The highest BCUT2D eigenvalue weighted by Crippen LogP contribution is 2.24. The van der Waals surface area contributed by atoms with Gasteiger partial charge in [0.15, 0.2) is 0 Å². The first kappa shape index (κ1) is 25.6. The van der Waals surface area contributed by atoms with Gasteiger partial charge in [-0.25, -0.2) is 8.42 Å². The molecule has 3 aromatic carbocycles. The Morgan fingerprint density at radius 2 is 1.56 bits per heavy atom. The van der Waals surface area contributed by atoms with E-state index in [0.717, 1.165) is 42.4 Å². The molecular formula is C28H32N4O3S. The molecule has 0 spiro atoms. The molecule has 0 unspecified atom stereocenters. The van der Waals surface area contributed by atoms with Crippen LogP contribution in [-0.2, 0) is 21.2 Å². The molecule has 36 heavy (non-hydrogen) atoms. The number of likely N-dealkylation sites (N-methyl/N-ethyl adjacent to an activating group) is 1. The summed E-state index contributed by atoms with van der Waals surface area (Å²) in [5.74, 6) is -0.295. The first-order chi connectivity index (χ1) is 17.2. The Bertz CT molecular complexity index is 1300. The minimum Gasteiger partial charge on any atom is -0.384 e. The van der Waals surface area contributed by atoms with Crippen LogP contribution in [-0.4, -0.2) is 44.2 Å². The summed E-state index contributed by atoms with van der Waals surface area (Å²) in [7, 11) is -2.20. The van der Waals surface area contributed by atoms with Crippen molar-refractivity contribution in [3.63, 3.8) is 0 Å². The molecule has 0 radical (unpaired) electrons. The smallest absolute Gasteiger partial charge is 0.241 e. The summed E-state index contributed by atoms with van der Waals surface area (Å²) in [6, 6.07) is 22.5. The number of hydrogen-bond donors (Lipinski definition) is 3. The average Bonchev–Trinajstić information content (AvgIpc) is 3.43. The first-order valence-electron chi connectivity index (χ1n) is 12.1. The van der Waals surface area contributed by atoms with E-state index in [-0.39, 0.29) is 29.1 Å². The second kappa shape index (κ2) is 11.1. The zero-order valence-corrected chi connectivity index (χ0v) is 21.2. The summed E-state index contributed by atoms with van der Waals surface area (Å²) in [6.07, 6.45) is 4.18. The van der Waals surface area contributed by atoms with Crippen LogP contribution in [0.15, 0.2) is 83.8 Å². The van der Waals surface area contributed by atoms with Crippen LogP contribution in [0, 0.1) is 5.41 Å². The maximum atomic E-state index is 13.5. The van der Waals surface area contributed by atoms with Crippen LogP contribution in [0.3, 0.4) is 0 Å². The van der Waals surface area contributed by atoms with Crippen LogP contribution in [0.5, 0.6) is 0 Å². The van der Waals surface area contributed by atoms with Crippen LogP contribution >= 0.6 is 0 Å². The molecule has 1 amide bonds. The van der Waals surface area contributed by atoms with Crippen LogP contribution in [0.4, 0.5) is 0 Å². The molecule has 4 rings (SSSR count). The predicted octanol–water partition coefficient (Wildman–Crippen LogP) is 3.93. The summed E-state index contributed by atoms with van der Waals surface area (Å²) in [5, 5.41) is 7.58. The molecule has 1 fully saturated rings. The fraction of sp³-hybridized carbons (Fsp3) is 0.286. The number of nitrogen functional groups attached to an aromatic ring is 1. The Kier molecular flexibility index (Phi) is 7.86. The van der Waals surface area contributed by atoms with Crippen molar-refractivity contribution >= 4 is 21.8 Å². The molecule has 7 nitrogen and oxygen atoms in total. The van der Waals surface area contributed by atoms with E-state index >= 15 is 0 Å². The SMILES string of the molecule is CN(C(=O)[C@H](Cc1ccc(C(=N)N)cc1)NS(=O)(=O)c1ccc(-c2ccccc2)cc1)C1CCCC1. The van der Waals surface area contributed by atoms with Gasteiger partial charge in [-0.2, -0.15) is 4.72 Å². The molecule has 1 aliphatic rings. The molecular weight excluding hydrogens is 472 g/mol. The number of hydrogen-bond acceptors (Lipinski definition) is 4. The zero-order valence-electron chi connectivity index (χ0n) is 20.4. The van der Waals surface area contributed by atoms with E-state index in [1.54, 1.807) is 60.5 Å². The molecule has 1 saturated carbocycles. The molecule has 0 heterocycles. The molecule has 4 N–H and O–H groups in total. The highest BCUT2D eigenvalue weighted by atomic mass is 32.2. The van der Waals surface area contributed by atoms with Crippen molar-refractivity contribution in [3.05, 3.63) is 90.0 Å². The number of amidine groups is 1. The lowest BCUT2D eigenvalue weighted by Crippen LogP contribution is -2.50. The van der Waals surface area contributed by atoms with E-state index in [1.165, 1.54) is 0 Å². The third-order valence-electron chi connectivity index (χ3n) is 6.79. The predicted molar refractivity (Wildman–Crippen MR) is 142 cm³/mol. The van der Waals surface area contributed by atoms with Gasteiger partial charge in [-0.1, -0.05) is 79.6 Å². The Hall–Kier alpha value is -3.49. The highest BCUT2D eigenvalue weighted by Gasteiger charge is 2.32. The Morgan fingerprint density at radius 3 is 2.14 bits per heavy atom. The summed E-state index contributed by atoms with van der Waals surface area (Å²) >= 11 is 0. The van der Waals surface area contributed by atoms with Gasteiger partial charge in [0, 0.05) is 18.7 Å². The van der Waals surface area contributed by atoms with Crippen LogP contribution < -0.4 is 10.5 Å². The second-order valence-electron chi connectivity index (χ2n) is 9.27. The molecule has 0 aromatic heterocycles. The molecule has 1 atom stereocenters. The van der Waals surface area contributed by atoms with Crippen molar-refractivity contribution in [3.8, 4) is 11.1 Å². The van der Waals surface area contributed by atoms with E-state index in [9.17, 15) is 13.2 Å². The largest absolute Gasteiger partial charge is 0.384 e.